The number of carbonyl (C=O) groups excluding carboxylic acids is 1. The molecule has 1 aromatic rings. The van der Waals surface area contributed by atoms with Crippen molar-refractivity contribution >= 4 is 23.6 Å². The van der Waals surface area contributed by atoms with Crippen LogP contribution in [0.2, 0.25) is 5.02 Å². The summed E-state index contributed by atoms with van der Waals surface area (Å²) in [5.41, 5.74) is 0.868. The van der Waals surface area contributed by atoms with E-state index in [0.717, 1.165) is 5.56 Å². The zero-order valence-electron chi connectivity index (χ0n) is 10.7. The van der Waals surface area contributed by atoms with E-state index in [0.29, 0.717) is 24.5 Å². The average Bonchev–Trinajstić information content (AvgIpc) is 2.36. The van der Waals surface area contributed by atoms with Crippen molar-refractivity contribution in [3.05, 3.63) is 34.9 Å². The molecule has 0 aliphatic heterocycles. The number of amides is 2. The predicted molar refractivity (Wildman–Crippen MR) is 73.2 cm³/mol. The maximum atomic E-state index is 11.7. The molecule has 0 aromatic heterocycles. The minimum atomic E-state index is -0.862. The monoisotopic (exact) mass is 284 g/mol. The number of halogens is 1. The highest BCUT2D eigenvalue weighted by Gasteiger charge is 2.10. The largest absolute Gasteiger partial charge is 0.481 e. The minimum absolute atomic E-state index is 0.0501. The Bertz CT molecular complexity index is 451. The molecule has 19 heavy (non-hydrogen) atoms. The van der Waals surface area contributed by atoms with Crippen LogP contribution in [-0.4, -0.2) is 35.6 Å². The lowest BCUT2D eigenvalue weighted by atomic mass is 10.2. The van der Waals surface area contributed by atoms with Gasteiger partial charge in [-0.05, 0) is 18.1 Å². The van der Waals surface area contributed by atoms with Crippen molar-refractivity contribution in [1.29, 1.82) is 0 Å². The van der Waals surface area contributed by atoms with Crippen LogP contribution in [0.3, 0.4) is 0 Å². The van der Waals surface area contributed by atoms with E-state index in [1.165, 1.54) is 4.90 Å². The van der Waals surface area contributed by atoms with Crippen molar-refractivity contribution < 1.29 is 14.7 Å². The van der Waals surface area contributed by atoms with Gasteiger partial charge in [0.25, 0.3) is 0 Å². The Kier molecular flexibility index (Phi) is 6.15. The third-order valence-corrected chi connectivity index (χ3v) is 2.92. The lowest BCUT2D eigenvalue weighted by Crippen LogP contribution is -2.37. The molecule has 0 aliphatic carbocycles. The number of benzene rings is 1. The topological polar surface area (TPSA) is 69.6 Å². The first-order valence-electron chi connectivity index (χ1n) is 5.95. The van der Waals surface area contributed by atoms with Gasteiger partial charge < -0.3 is 15.3 Å². The molecule has 6 heteroatoms. The van der Waals surface area contributed by atoms with E-state index in [9.17, 15) is 9.59 Å². The molecular weight excluding hydrogens is 268 g/mol. The molecule has 1 rings (SSSR count). The zero-order valence-corrected chi connectivity index (χ0v) is 11.5. The molecule has 0 aliphatic rings. The Morgan fingerprint density at radius 2 is 2.05 bits per heavy atom. The number of nitrogens with one attached hydrogen (secondary N) is 1. The quantitative estimate of drug-likeness (QED) is 0.788. The molecule has 0 saturated heterocycles. The molecule has 0 unspecified atom stereocenters. The van der Waals surface area contributed by atoms with Gasteiger partial charge in [0.2, 0.25) is 0 Å². The second kappa shape index (κ2) is 7.63. The van der Waals surface area contributed by atoms with E-state index in [1.54, 1.807) is 13.1 Å². The minimum Gasteiger partial charge on any atom is -0.481 e. The Morgan fingerprint density at radius 1 is 1.37 bits per heavy atom. The van der Waals surface area contributed by atoms with E-state index in [4.69, 9.17) is 16.7 Å². The number of urea groups is 1. The van der Waals surface area contributed by atoms with Crippen molar-refractivity contribution in [1.82, 2.24) is 10.2 Å². The fourth-order valence-corrected chi connectivity index (χ4v) is 1.72. The number of carboxylic acid groups (broad SMARTS) is 1. The first-order valence-corrected chi connectivity index (χ1v) is 6.32. The third-order valence-electron chi connectivity index (χ3n) is 2.56. The number of nitrogens with zero attached hydrogens (tertiary/aromatic N) is 1. The lowest BCUT2D eigenvalue weighted by Gasteiger charge is -2.18. The van der Waals surface area contributed by atoms with Gasteiger partial charge >= 0.3 is 12.0 Å². The summed E-state index contributed by atoms with van der Waals surface area (Å²) >= 11 is 6.01. The molecule has 0 heterocycles. The van der Waals surface area contributed by atoms with Crippen LogP contribution in [0.15, 0.2) is 24.3 Å². The highest BCUT2D eigenvalue weighted by Crippen LogP contribution is 2.16. The maximum absolute atomic E-state index is 11.7. The fraction of sp³-hybridized carbons (Fsp3) is 0.385. The first kappa shape index (κ1) is 15.3. The van der Waals surface area contributed by atoms with Crippen molar-refractivity contribution in [2.24, 2.45) is 0 Å². The van der Waals surface area contributed by atoms with Crippen LogP contribution in [0.1, 0.15) is 18.4 Å². The second-order valence-electron chi connectivity index (χ2n) is 4.18. The van der Waals surface area contributed by atoms with Gasteiger partial charge in [-0.25, -0.2) is 4.79 Å². The van der Waals surface area contributed by atoms with Crippen LogP contribution < -0.4 is 5.32 Å². The van der Waals surface area contributed by atoms with Gasteiger partial charge in [0, 0.05) is 31.6 Å². The molecule has 2 N–H and O–H groups in total. The summed E-state index contributed by atoms with van der Waals surface area (Å²) in [6, 6.07) is 7.08. The number of hydrogen-bond acceptors (Lipinski definition) is 2. The van der Waals surface area contributed by atoms with E-state index in [2.05, 4.69) is 5.32 Å². The van der Waals surface area contributed by atoms with E-state index in [1.807, 2.05) is 18.2 Å². The van der Waals surface area contributed by atoms with Gasteiger partial charge in [-0.1, -0.05) is 29.8 Å². The summed E-state index contributed by atoms with van der Waals surface area (Å²) in [6.45, 7) is 0.752. The van der Waals surface area contributed by atoms with Crippen molar-refractivity contribution in [2.45, 2.75) is 19.4 Å². The molecule has 0 radical (unpaired) electrons. The normalized spacial score (nSPS) is 10.0. The van der Waals surface area contributed by atoms with E-state index >= 15 is 0 Å². The molecule has 0 spiro atoms. The number of carbonyl (C=O) groups is 2. The predicted octanol–water partition coefficient (Wildman–Crippen LogP) is 2.35. The van der Waals surface area contributed by atoms with Crippen LogP contribution in [-0.2, 0) is 11.3 Å². The molecule has 2 amide bonds. The highest BCUT2D eigenvalue weighted by atomic mass is 35.5. The van der Waals surface area contributed by atoms with Crippen LogP contribution in [0.4, 0.5) is 4.79 Å². The number of hydrogen-bond donors (Lipinski definition) is 2. The number of aliphatic carboxylic acids is 1. The fourth-order valence-electron chi connectivity index (χ4n) is 1.52. The maximum Gasteiger partial charge on any atom is 0.317 e. The molecule has 1 aromatic carbocycles. The van der Waals surface area contributed by atoms with Gasteiger partial charge in [-0.2, -0.15) is 0 Å². The molecule has 0 bridgehead atoms. The Hall–Kier alpha value is -1.75. The summed E-state index contributed by atoms with van der Waals surface area (Å²) in [7, 11) is 1.66. The van der Waals surface area contributed by atoms with Crippen molar-refractivity contribution in [3.63, 3.8) is 0 Å². The Labute approximate surface area is 117 Å². The van der Waals surface area contributed by atoms with E-state index in [-0.39, 0.29) is 12.5 Å². The number of rotatable bonds is 6. The van der Waals surface area contributed by atoms with Gasteiger partial charge in [-0.15, -0.1) is 0 Å². The summed E-state index contributed by atoms with van der Waals surface area (Å²) in [6.07, 6.45) is 0.468. The van der Waals surface area contributed by atoms with Crippen LogP contribution in [0, 0.1) is 0 Å². The molecular formula is C13H17ClN2O3. The second-order valence-corrected chi connectivity index (χ2v) is 4.58. The summed E-state index contributed by atoms with van der Waals surface area (Å²) in [4.78, 5) is 23.5. The smallest absolute Gasteiger partial charge is 0.317 e. The Balaban J connectivity index is 2.37. The molecule has 0 atom stereocenters. The van der Waals surface area contributed by atoms with Gasteiger partial charge in [0.15, 0.2) is 0 Å². The molecule has 5 nitrogen and oxygen atoms in total. The van der Waals surface area contributed by atoms with Gasteiger partial charge in [-0.3, -0.25) is 4.79 Å². The zero-order chi connectivity index (χ0) is 14.3. The van der Waals surface area contributed by atoms with Crippen LogP contribution in [0.5, 0.6) is 0 Å². The lowest BCUT2D eigenvalue weighted by molar-refractivity contribution is -0.137. The van der Waals surface area contributed by atoms with E-state index < -0.39 is 5.97 Å². The third kappa shape index (κ3) is 5.61. The molecule has 0 saturated carbocycles. The summed E-state index contributed by atoms with van der Waals surface area (Å²) < 4.78 is 0. The SMILES string of the molecule is CN(Cc1ccccc1Cl)C(=O)NCCCC(=O)O. The van der Waals surface area contributed by atoms with Crippen molar-refractivity contribution in [3.8, 4) is 0 Å². The van der Waals surface area contributed by atoms with Gasteiger partial charge in [0.1, 0.15) is 0 Å². The van der Waals surface area contributed by atoms with Crippen LogP contribution >= 0.6 is 11.6 Å². The number of carboxylic acids is 1. The molecule has 0 fully saturated rings. The summed E-state index contributed by atoms with van der Waals surface area (Å²) in [5, 5.41) is 11.8. The molecule has 104 valence electrons. The van der Waals surface area contributed by atoms with Crippen molar-refractivity contribution in [2.75, 3.05) is 13.6 Å². The summed E-state index contributed by atoms with van der Waals surface area (Å²) in [5.74, 6) is -0.862. The standard InChI is InChI=1S/C13H17ClN2O3/c1-16(9-10-5-2-3-6-11(10)14)13(19)15-8-4-7-12(17)18/h2-3,5-6H,4,7-9H2,1H3,(H,15,19)(H,17,18). The highest BCUT2D eigenvalue weighted by molar-refractivity contribution is 6.31. The van der Waals surface area contributed by atoms with Crippen LogP contribution in [0.25, 0.3) is 0 Å². The first-order chi connectivity index (χ1) is 9.00. The average molecular weight is 285 g/mol. The van der Waals surface area contributed by atoms with Gasteiger partial charge in [0.05, 0.1) is 0 Å². The Morgan fingerprint density at radius 3 is 2.68 bits per heavy atom.